The van der Waals surface area contributed by atoms with Gasteiger partial charge in [0.2, 0.25) is 0 Å². The molecule has 0 saturated heterocycles. The van der Waals surface area contributed by atoms with Crippen molar-refractivity contribution in [2.45, 2.75) is 25.9 Å². The Morgan fingerprint density at radius 1 is 0.778 bits per heavy atom. The smallest absolute Gasteiger partial charge is 0.190 e. The minimum absolute atomic E-state index is 0.0430. The van der Waals surface area contributed by atoms with Crippen molar-refractivity contribution in [3.05, 3.63) is 113 Å². The SMILES string of the molecule is CC(C)NC(/C(=C/c1ccccc1)C(=O)c1ccccc1)c1ccccc1. The van der Waals surface area contributed by atoms with Gasteiger partial charge in [-0.15, -0.1) is 0 Å². The summed E-state index contributed by atoms with van der Waals surface area (Å²) in [6.07, 6.45) is 2.00. The van der Waals surface area contributed by atoms with Crippen molar-refractivity contribution in [3.63, 3.8) is 0 Å². The number of ketones is 1. The molecule has 0 aromatic heterocycles. The molecule has 0 fully saturated rings. The summed E-state index contributed by atoms with van der Waals surface area (Å²) in [5, 5.41) is 3.58. The fourth-order valence-corrected chi connectivity index (χ4v) is 3.11. The molecule has 0 heterocycles. The molecule has 0 spiro atoms. The van der Waals surface area contributed by atoms with Gasteiger partial charge in [-0.2, -0.15) is 0 Å². The van der Waals surface area contributed by atoms with Gasteiger partial charge < -0.3 is 5.32 Å². The molecular weight excluding hydrogens is 330 g/mol. The number of Topliss-reactive ketones (excluding diaryl/α,β-unsaturated/α-hetero) is 1. The summed E-state index contributed by atoms with van der Waals surface area (Å²) in [6, 6.07) is 29.7. The van der Waals surface area contributed by atoms with Crippen LogP contribution in [0.2, 0.25) is 0 Å². The van der Waals surface area contributed by atoms with Crippen LogP contribution in [0.25, 0.3) is 6.08 Å². The van der Waals surface area contributed by atoms with Crippen LogP contribution in [0.4, 0.5) is 0 Å². The van der Waals surface area contributed by atoms with E-state index in [1.54, 1.807) is 0 Å². The van der Waals surface area contributed by atoms with Crippen molar-refractivity contribution in [3.8, 4) is 0 Å². The Labute approximate surface area is 161 Å². The first kappa shape index (κ1) is 18.8. The van der Waals surface area contributed by atoms with E-state index in [4.69, 9.17) is 0 Å². The van der Waals surface area contributed by atoms with Gasteiger partial charge in [0.05, 0.1) is 6.04 Å². The lowest BCUT2D eigenvalue weighted by Crippen LogP contribution is -2.31. The van der Waals surface area contributed by atoms with E-state index in [-0.39, 0.29) is 17.9 Å². The highest BCUT2D eigenvalue weighted by Gasteiger charge is 2.24. The second kappa shape index (κ2) is 9.11. The van der Waals surface area contributed by atoms with Crippen LogP contribution in [0.3, 0.4) is 0 Å². The fraction of sp³-hybridized carbons (Fsp3) is 0.160. The maximum Gasteiger partial charge on any atom is 0.190 e. The molecule has 0 bridgehead atoms. The third-order valence-electron chi connectivity index (χ3n) is 4.36. The summed E-state index contributed by atoms with van der Waals surface area (Å²) >= 11 is 0. The van der Waals surface area contributed by atoms with E-state index in [1.807, 2.05) is 84.9 Å². The van der Waals surface area contributed by atoms with Crippen molar-refractivity contribution in [2.24, 2.45) is 0 Å². The third-order valence-corrected chi connectivity index (χ3v) is 4.36. The van der Waals surface area contributed by atoms with E-state index in [2.05, 4.69) is 31.3 Å². The normalized spacial score (nSPS) is 12.8. The first-order chi connectivity index (χ1) is 13.1. The highest BCUT2D eigenvalue weighted by atomic mass is 16.1. The molecular formula is C25H25NO. The first-order valence-electron chi connectivity index (χ1n) is 9.32. The zero-order valence-corrected chi connectivity index (χ0v) is 15.8. The third kappa shape index (κ3) is 5.02. The van der Waals surface area contributed by atoms with Gasteiger partial charge in [0.25, 0.3) is 0 Å². The van der Waals surface area contributed by atoms with Gasteiger partial charge in [0.1, 0.15) is 0 Å². The monoisotopic (exact) mass is 355 g/mol. The molecule has 1 atom stereocenters. The van der Waals surface area contributed by atoms with Crippen molar-refractivity contribution in [2.75, 3.05) is 0 Å². The van der Waals surface area contributed by atoms with Gasteiger partial charge in [-0.05, 0) is 31.1 Å². The van der Waals surface area contributed by atoms with Gasteiger partial charge in [0, 0.05) is 17.2 Å². The molecule has 0 aliphatic rings. The van der Waals surface area contributed by atoms with E-state index in [0.717, 1.165) is 16.7 Å². The molecule has 136 valence electrons. The van der Waals surface area contributed by atoms with Gasteiger partial charge >= 0.3 is 0 Å². The maximum atomic E-state index is 13.4. The Hall–Kier alpha value is -2.97. The Morgan fingerprint density at radius 2 is 1.30 bits per heavy atom. The number of nitrogens with one attached hydrogen (secondary N) is 1. The summed E-state index contributed by atoms with van der Waals surface area (Å²) in [5.41, 5.74) is 3.54. The van der Waals surface area contributed by atoms with Crippen molar-refractivity contribution >= 4 is 11.9 Å². The summed E-state index contributed by atoms with van der Waals surface area (Å²) in [4.78, 5) is 13.4. The quantitative estimate of drug-likeness (QED) is 0.435. The van der Waals surface area contributed by atoms with Crippen molar-refractivity contribution in [1.29, 1.82) is 0 Å². The molecule has 0 aliphatic carbocycles. The maximum absolute atomic E-state index is 13.4. The summed E-state index contributed by atoms with van der Waals surface area (Å²) in [5.74, 6) is 0.0430. The van der Waals surface area contributed by atoms with Crippen LogP contribution in [0.5, 0.6) is 0 Å². The highest BCUT2D eigenvalue weighted by molar-refractivity contribution is 6.12. The Bertz CT molecular complexity index is 883. The molecule has 0 amide bonds. The molecule has 3 aromatic carbocycles. The number of carbonyl (C=O) groups excluding carboxylic acids is 1. The minimum atomic E-state index is -0.181. The predicted molar refractivity (Wildman–Crippen MR) is 113 cm³/mol. The predicted octanol–water partition coefficient (Wildman–Crippen LogP) is 5.69. The van der Waals surface area contributed by atoms with Crippen LogP contribution in [-0.2, 0) is 0 Å². The van der Waals surface area contributed by atoms with Crippen molar-refractivity contribution < 1.29 is 4.79 Å². The topological polar surface area (TPSA) is 29.1 Å². The molecule has 3 aromatic rings. The number of hydrogen-bond acceptors (Lipinski definition) is 2. The number of hydrogen-bond donors (Lipinski definition) is 1. The molecule has 27 heavy (non-hydrogen) atoms. The molecule has 0 saturated carbocycles. The number of rotatable bonds is 7. The van der Waals surface area contributed by atoms with Gasteiger partial charge in [-0.1, -0.05) is 91.0 Å². The molecule has 1 unspecified atom stereocenters. The number of benzene rings is 3. The van der Waals surface area contributed by atoms with Crippen LogP contribution in [0.15, 0.2) is 96.6 Å². The second-order valence-corrected chi connectivity index (χ2v) is 6.87. The number of carbonyl (C=O) groups is 1. The zero-order chi connectivity index (χ0) is 19.1. The lowest BCUT2D eigenvalue weighted by Gasteiger charge is -2.24. The largest absolute Gasteiger partial charge is 0.304 e. The highest BCUT2D eigenvalue weighted by Crippen LogP contribution is 2.27. The summed E-state index contributed by atoms with van der Waals surface area (Å²) in [7, 11) is 0. The van der Waals surface area contributed by atoms with E-state index >= 15 is 0 Å². The average Bonchev–Trinajstić information content (AvgIpc) is 2.72. The minimum Gasteiger partial charge on any atom is -0.304 e. The summed E-state index contributed by atoms with van der Waals surface area (Å²) in [6.45, 7) is 4.20. The van der Waals surface area contributed by atoms with Gasteiger partial charge in [-0.25, -0.2) is 0 Å². The standard InChI is InChI=1S/C25H25NO/c1-19(2)26-24(21-14-8-4-9-15-21)23(18-20-12-6-3-7-13-20)25(27)22-16-10-5-11-17-22/h3-19,24,26H,1-2H3/b23-18-. The Kier molecular flexibility index (Phi) is 6.35. The molecule has 2 nitrogen and oxygen atoms in total. The van der Waals surface area contributed by atoms with E-state index in [1.165, 1.54) is 0 Å². The molecule has 3 rings (SSSR count). The molecule has 2 heteroatoms. The molecule has 0 radical (unpaired) electrons. The van der Waals surface area contributed by atoms with E-state index in [0.29, 0.717) is 5.56 Å². The Morgan fingerprint density at radius 3 is 1.85 bits per heavy atom. The van der Waals surface area contributed by atoms with Crippen LogP contribution < -0.4 is 5.32 Å². The second-order valence-electron chi connectivity index (χ2n) is 6.87. The van der Waals surface area contributed by atoms with Crippen LogP contribution in [0.1, 0.15) is 41.4 Å². The first-order valence-corrected chi connectivity index (χ1v) is 9.32. The molecule has 0 aliphatic heterocycles. The molecule has 1 N–H and O–H groups in total. The van der Waals surface area contributed by atoms with Crippen LogP contribution in [0, 0.1) is 0 Å². The summed E-state index contributed by atoms with van der Waals surface area (Å²) < 4.78 is 0. The lowest BCUT2D eigenvalue weighted by atomic mass is 9.90. The van der Waals surface area contributed by atoms with Crippen molar-refractivity contribution in [1.82, 2.24) is 5.32 Å². The van der Waals surface area contributed by atoms with Gasteiger partial charge in [-0.3, -0.25) is 4.79 Å². The lowest BCUT2D eigenvalue weighted by molar-refractivity contribution is 0.102. The van der Waals surface area contributed by atoms with Gasteiger partial charge in [0.15, 0.2) is 5.78 Å². The van der Waals surface area contributed by atoms with E-state index in [9.17, 15) is 4.79 Å². The fourth-order valence-electron chi connectivity index (χ4n) is 3.11. The average molecular weight is 355 g/mol. The van der Waals surface area contributed by atoms with Crippen LogP contribution in [-0.4, -0.2) is 11.8 Å². The zero-order valence-electron chi connectivity index (χ0n) is 15.8. The van der Waals surface area contributed by atoms with Crippen LogP contribution >= 0.6 is 0 Å². The van der Waals surface area contributed by atoms with E-state index < -0.39 is 0 Å². The Balaban J connectivity index is 2.11.